The van der Waals surface area contributed by atoms with E-state index in [-0.39, 0.29) is 11.7 Å². The van der Waals surface area contributed by atoms with Crippen molar-refractivity contribution in [3.8, 4) is 11.5 Å². The number of benzene rings is 1. The normalized spacial score (nSPS) is 10.6. The third kappa shape index (κ3) is 4.06. The zero-order chi connectivity index (χ0) is 17.6. The molecule has 7 heteroatoms. The number of rotatable bonds is 6. The van der Waals surface area contributed by atoms with E-state index < -0.39 is 0 Å². The van der Waals surface area contributed by atoms with Crippen LogP contribution >= 0.6 is 0 Å². The van der Waals surface area contributed by atoms with E-state index in [1.165, 1.54) is 24.3 Å². The molecular weight excluding hydrogens is 321 g/mol. The summed E-state index contributed by atoms with van der Waals surface area (Å²) < 4.78 is 14.8. The van der Waals surface area contributed by atoms with Gasteiger partial charge in [-0.15, -0.1) is 0 Å². The second-order valence-corrected chi connectivity index (χ2v) is 5.42. The second kappa shape index (κ2) is 7.65. The molecule has 3 aromatic rings. The first-order valence-corrected chi connectivity index (χ1v) is 8.04. The van der Waals surface area contributed by atoms with Crippen LogP contribution in [-0.2, 0) is 13.0 Å². The third-order valence-electron chi connectivity index (χ3n) is 3.71. The van der Waals surface area contributed by atoms with Gasteiger partial charge < -0.3 is 9.88 Å². The van der Waals surface area contributed by atoms with Crippen molar-refractivity contribution in [2.75, 3.05) is 6.54 Å². The molecule has 0 aliphatic heterocycles. The summed E-state index contributed by atoms with van der Waals surface area (Å²) in [6.45, 7) is 2.97. The number of amides is 1. The second-order valence-electron chi connectivity index (χ2n) is 5.42. The Balaban J connectivity index is 1.63. The number of imidazole rings is 1. The lowest BCUT2D eigenvalue weighted by atomic mass is 10.2. The number of carbonyl (C=O) groups is 1. The van der Waals surface area contributed by atoms with Crippen molar-refractivity contribution in [3.63, 3.8) is 0 Å². The quantitative estimate of drug-likeness (QED) is 0.749. The van der Waals surface area contributed by atoms with Gasteiger partial charge in [-0.25, -0.2) is 19.3 Å². The maximum atomic E-state index is 12.9. The Morgan fingerprint density at radius 3 is 2.72 bits per heavy atom. The van der Waals surface area contributed by atoms with Crippen LogP contribution in [0.25, 0.3) is 11.5 Å². The summed E-state index contributed by atoms with van der Waals surface area (Å²) in [5.74, 6) is 0.887. The van der Waals surface area contributed by atoms with E-state index in [9.17, 15) is 9.18 Å². The Morgan fingerprint density at radius 2 is 1.96 bits per heavy atom. The lowest BCUT2D eigenvalue weighted by Gasteiger charge is -2.09. The Bertz CT molecular complexity index is 860. The van der Waals surface area contributed by atoms with Crippen LogP contribution in [0.3, 0.4) is 0 Å². The summed E-state index contributed by atoms with van der Waals surface area (Å²) in [6.07, 6.45) is 6.01. The predicted octanol–water partition coefficient (Wildman–Crippen LogP) is 2.47. The lowest BCUT2D eigenvalue weighted by Crippen LogP contribution is -2.27. The highest BCUT2D eigenvalue weighted by Gasteiger charge is 2.09. The number of aromatic nitrogens is 4. The number of halogens is 1. The van der Waals surface area contributed by atoms with Gasteiger partial charge in [-0.2, -0.15) is 0 Å². The van der Waals surface area contributed by atoms with Crippen molar-refractivity contribution in [1.29, 1.82) is 0 Å². The molecule has 0 saturated carbocycles. The SMILES string of the molecule is CCc1nccc(-c2nccn2CCNC(=O)c2ccc(F)cc2)n1. The van der Waals surface area contributed by atoms with Crippen molar-refractivity contribution in [1.82, 2.24) is 24.8 Å². The fourth-order valence-electron chi connectivity index (χ4n) is 2.41. The maximum absolute atomic E-state index is 12.9. The number of hydrogen-bond acceptors (Lipinski definition) is 4. The number of nitrogens with one attached hydrogen (secondary N) is 1. The molecule has 0 aliphatic carbocycles. The van der Waals surface area contributed by atoms with Crippen molar-refractivity contribution in [3.05, 3.63) is 66.1 Å². The summed E-state index contributed by atoms with van der Waals surface area (Å²) in [5.41, 5.74) is 1.18. The van der Waals surface area contributed by atoms with E-state index in [1.807, 2.05) is 23.8 Å². The highest BCUT2D eigenvalue weighted by atomic mass is 19.1. The highest BCUT2D eigenvalue weighted by molar-refractivity contribution is 5.94. The molecular formula is C18H18FN5O. The number of nitrogens with zero attached hydrogens (tertiary/aromatic N) is 4. The van der Waals surface area contributed by atoms with Crippen molar-refractivity contribution in [2.24, 2.45) is 0 Å². The number of aryl methyl sites for hydroxylation is 1. The molecule has 1 amide bonds. The molecule has 0 saturated heterocycles. The van der Waals surface area contributed by atoms with Gasteiger partial charge in [-0.1, -0.05) is 6.92 Å². The molecule has 0 aliphatic rings. The van der Waals surface area contributed by atoms with Crippen molar-refractivity contribution >= 4 is 5.91 Å². The zero-order valence-electron chi connectivity index (χ0n) is 13.8. The van der Waals surface area contributed by atoms with E-state index in [2.05, 4.69) is 20.3 Å². The minimum Gasteiger partial charge on any atom is -0.350 e. The van der Waals surface area contributed by atoms with Crippen LogP contribution in [0.15, 0.2) is 48.9 Å². The van der Waals surface area contributed by atoms with Crippen LogP contribution < -0.4 is 5.32 Å². The van der Waals surface area contributed by atoms with E-state index in [0.29, 0.717) is 18.7 Å². The summed E-state index contributed by atoms with van der Waals surface area (Å²) in [7, 11) is 0. The van der Waals surface area contributed by atoms with E-state index >= 15 is 0 Å². The minimum absolute atomic E-state index is 0.239. The molecule has 1 N–H and O–H groups in total. The van der Waals surface area contributed by atoms with Crippen LogP contribution in [0.5, 0.6) is 0 Å². The Morgan fingerprint density at radius 1 is 1.16 bits per heavy atom. The van der Waals surface area contributed by atoms with Crippen LogP contribution in [0.2, 0.25) is 0 Å². The van der Waals surface area contributed by atoms with Crippen LogP contribution in [0.1, 0.15) is 23.1 Å². The molecule has 128 valence electrons. The van der Waals surface area contributed by atoms with Gasteiger partial charge in [0.2, 0.25) is 0 Å². The fraction of sp³-hybridized carbons (Fsp3) is 0.222. The predicted molar refractivity (Wildman–Crippen MR) is 91.4 cm³/mol. The molecule has 2 heterocycles. The van der Waals surface area contributed by atoms with Gasteiger partial charge in [-0.3, -0.25) is 4.79 Å². The molecule has 6 nitrogen and oxygen atoms in total. The molecule has 0 unspecified atom stereocenters. The molecule has 0 spiro atoms. The molecule has 0 radical (unpaired) electrons. The topological polar surface area (TPSA) is 72.7 Å². The first kappa shape index (κ1) is 16.8. The van der Waals surface area contributed by atoms with Crippen molar-refractivity contribution < 1.29 is 9.18 Å². The minimum atomic E-state index is -0.365. The first-order chi connectivity index (χ1) is 12.2. The summed E-state index contributed by atoms with van der Waals surface area (Å²) in [5, 5.41) is 2.82. The monoisotopic (exact) mass is 339 g/mol. The first-order valence-electron chi connectivity index (χ1n) is 8.04. The van der Waals surface area contributed by atoms with Gasteiger partial charge in [-0.05, 0) is 30.3 Å². The molecule has 0 atom stereocenters. The third-order valence-corrected chi connectivity index (χ3v) is 3.71. The van der Waals surface area contributed by atoms with Gasteiger partial charge in [0.15, 0.2) is 5.82 Å². The molecule has 1 aromatic carbocycles. The van der Waals surface area contributed by atoms with Crippen molar-refractivity contribution in [2.45, 2.75) is 19.9 Å². The molecule has 3 rings (SSSR count). The Hall–Kier alpha value is -3.09. The fourth-order valence-corrected chi connectivity index (χ4v) is 2.41. The average molecular weight is 339 g/mol. The van der Waals surface area contributed by atoms with Gasteiger partial charge >= 0.3 is 0 Å². The Kier molecular flexibility index (Phi) is 5.13. The lowest BCUT2D eigenvalue weighted by molar-refractivity contribution is 0.0952. The van der Waals surface area contributed by atoms with Gasteiger partial charge in [0.25, 0.3) is 5.91 Å². The van der Waals surface area contributed by atoms with Gasteiger partial charge in [0.1, 0.15) is 17.3 Å². The largest absolute Gasteiger partial charge is 0.350 e. The Labute approximate surface area is 144 Å². The van der Waals surface area contributed by atoms with Gasteiger partial charge in [0.05, 0.1) is 0 Å². The van der Waals surface area contributed by atoms with E-state index in [1.54, 1.807) is 12.4 Å². The number of hydrogen-bond donors (Lipinski definition) is 1. The molecule has 0 fully saturated rings. The molecule has 0 bridgehead atoms. The summed E-state index contributed by atoms with van der Waals surface area (Å²) >= 11 is 0. The standard InChI is InChI=1S/C18H18FN5O/c1-2-16-20-8-7-15(23-16)17-21-9-11-24(17)12-10-22-18(25)13-3-5-14(19)6-4-13/h3-9,11H,2,10,12H2,1H3,(H,22,25). The summed E-state index contributed by atoms with van der Waals surface area (Å²) in [4.78, 5) is 25.1. The number of carbonyl (C=O) groups excluding carboxylic acids is 1. The van der Waals surface area contributed by atoms with E-state index in [4.69, 9.17) is 0 Å². The smallest absolute Gasteiger partial charge is 0.251 e. The van der Waals surface area contributed by atoms with Crippen LogP contribution in [0.4, 0.5) is 4.39 Å². The van der Waals surface area contributed by atoms with Gasteiger partial charge in [0, 0.05) is 43.7 Å². The van der Waals surface area contributed by atoms with E-state index in [0.717, 1.165) is 23.8 Å². The van der Waals surface area contributed by atoms with Crippen LogP contribution in [-0.4, -0.2) is 32.0 Å². The maximum Gasteiger partial charge on any atom is 0.251 e. The molecule has 25 heavy (non-hydrogen) atoms. The summed E-state index contributed by atoms with van der Waals surface area (Å²) in [6, 6.07) is 7.27. The molecule has 2 aromatic heterocycles. The highest BCUT2D eigenvalue weighted by Crippen LogP contribution is 2.14. The zero-order valence-corrected chi connectivity index (χ0v) is 13.8. The van der Waals surface area contributed by atoms with Crippen LogP contribution in [0, 0.1) is 5.82 Å². The average Bonchev–Trinajstić information content (AvgIpc) is 3.11.